The van der Waals surface area contributed by atoms with Crippen LogP contribution in [0.3, 0.4) is 0 Å². The molecule has 0 saturated carbocycles. The number of anilines is 2. The molecule has 0 unspecified atom stereocenters. The third-order valence-corrected chi connectivity index (χ3v) is 3.07. The lowest BCUT2D eigenvalue weighted by Gasteiger charge is -2.05. The molecule has 0 bridgehead atoms. The van der Waals surface area contributed by atoms with E-state index in [0.717, 1.165) is 29.8 Å². The van der Waals surface area contributed by atoms with Crippen molar-refractivity contribution in [3.05, 3.63) is 47.9 Å². The molecule has 0 atom stereocenters. The van der Waals surface area contributed by atoms with E-state index in [0.29, 0.717) is 11.2 Å². The molecule has 6 heteroatoms. The zero-order chi connectivity index (χ0) is 13.9. The molecule has 6 nitrogen and oxygen atoms in total. The normalized spacial score (nSPS) is 10.8. The molecule has 3 rings (SSSR count). The van der Waals surface area contributed by atoms with Crippen molar-refractivity contribution < 1.29 is 0 Å². The zero-order valence-electron chi connectivity index (χ0n) is 10.8. The van der Waals surface area contributed by atoms with Crippen LogP contribution in [0.5, 0.6) is 0 Å². The van der Waals surface area contributed by atoms with Crippen molar-refractivity contribution in [2.45, 2.75) is 12.8 Å². The summed E-state index contributed by atoms with van der Waals surface area (Å²) >= 11 is 0. The summed E-state index contributed by atoms with van der Waals surface area (Å²) in [5, 5.41) is 0. The number of hydrogen-bond acceptors (Lipinski definition) is 6. The highest BCUT2D eigenvalue weighted by Crippen LogP contribution is 2.14. The number of aryl methyl sites for hydroxylation is 2. The topological polar surface area (TPSA) is 104 Å². The second kappa shape index (κ2) is 5.08. The molecule has 0 amide bonds. The van der Waals surface area contributed by atoms with Crippen LogP contribution in [0.25, 0.3) is 11.2 Å². The van der Waals surface area contributed by atoms with Gasteiger partial charge in [-0.3, -0.25) is 0 Å². The average Bonchev–Trinajstić information content (AvgIpc) is 2.46. The minimum Gasteiger partial charge on any atom is -0.399 e. The molecule has 0 fully saturated rings. The van der Waals surface area contributed by atoms with Gasteiger partial charge in [0, 0.05) is 5.69 Å². The lowest BCUT2D eigenvalue weighted by molar-refractivity contribution is 0.911. The van der Waals surface area contributed by atoms with E-state index in [1.54, 1.807) is 12.4 Å². The molecule has 0 aliphatic rings. The number of nitrogens with zero attached hydrogens (tertiary/aromatic N) is 4. The highest BCUT2D eigenvalue weighted by Gasteiger charge is 2.04. The van der Waals surface area contributed by atoms with Crippen molar-refractivity contribution in [1.29, 1.82) is 0 Å². The smallest absolute Gasteiger partial charge is 0.222 e. The zero-order valence-corrected chi connectivity index (χ0v) is 10.8. The molecule has 4 N–H and O–H groups in total. The van der Waals surface area contributed by atoms with Gasteiger partial charge in [-0.25, -0.2) is 15.0 Å². The molecule has 100 valence electrons. The Morgan fingerprint density at radius 1 is 0.900 bits per heavy atom. The second-order valence-electron chi connectivity index (χ2n) is 4.50. The minimum absolute atomic E-state index is 0.205. The summed E-state index contributed by atoms with van der Waals surface area (Å²) in [5.74, 6) is 0.205. The van der Waals surface area contributed by atoms with Gasteiger partial charge in [0.25, 0.3) is 0 Å². The summed E-state index contributed by atoms with van der Waals surface area (Å²) in [6, 6.07) is 7.83. The standard InChI is InChI=1S/C14H14N6/c15-11-4-2-1-3-9(11)5-6-10-7-17-13-12(19-10)8-18-14(16)20-13/h1-4,7-8H,5-6,15H2,(H2,16,17,18,20). The second-order valence-corrected chi connectivity index (χ2v) is 4.50. The Labute approximate surface area is 115 Å². The largest absolute Gasteiger partial charge is 0.399 e. The molecule has 2 aromatic heterocycles. The van der Waals surface area contributed by atoms with E-state index in [1.807, 2.05) is 24.3 Å². The average molecular weight is 266 g/mol. The van der Waals surface area contributed by atoms with Gasteiger partial charge in [0.1, 0.15) is 5.52 Å². The highest BCUT2D eigenvalue weighted by atomic mass is 15.0. The van der Waals surface area contributed by atoms with E-state index in [2.05, 4.69) is 19.9 Å². The van der Waals surface area contributed by atoms with Gasteiger partial charge in [-0.05, 0) is 24.5 Å². The molecule has 0 radical (unpaired) electrons. The summed E-state index contributed by atoms with van der Waals surface area (Å²) in [4.78, 5) is 16.7. The number of nitrogens with two attached hydrogens (primary N) is 2. The van der Waals surface area contributed by atoms with Crippen molar-refractivity contribution in [3.63, 3.8) is 0 Å². The van der Waals surface area contributed by atoms with Crippen LogP contribution in [-0.2, 0) is 12.8 Å². The number of rotatable bonds is 3. The fraction of sp³-hybridized carbons (Fsp3) is 0.143. The fourth-order valence-corrected chi connectivity index (χ4v) is 2.02. The lowest BCUT2D eigenvalue weighted by atomic mass is 10.1. The van der Waals surface area contributed by atoms with E-state index in [4.69, 9.17) is 11.5 Å². The Morgan fingerprint density at radius 2 is 1.75 bits per heavy atom. The first-order chi connectivity index (χ1) is 9.72. The van der Waals surface area contributed by atoms with Crippen LogP contribution in [0, 0.1) is 0 Å². The molecule has 1 aromatic carbocycles. The van der Waals surface area contributed by atoms with Crippen molar-refractivity contribution in [2.75, 3.05) is 11.5 Å². The van der Waals surface area contributed by atoms with Crippen LogP contribution in [0.2, 0.25) is 0 Å². The number of nitrogen functional groups attached to an aromatic ring is 2. The first-order valence-electron chi connectivity index (χ1n) is 6.30. The van der Waals surface area contributed by atoms with Gasteiger partial charge >= 0.3 is 0 Å². The van der Waals surface area contributed by atoms with Crippen LogP contribution < -0.4 is 11.5 Å². The maximum absolute atomic E-state index is 5.92. The number of hydrogen-bond donors (Lipinski definition) is 2. The first kappa shape index (κ1) is 12.3. The van der Waals surface area contributed by atoms with Crippen LogP contribution in [0.1, 0.15) is 11.3 Å². The summed E-state index contributed by atoms with van der Waals surface area (Å²) < 4.78 is 0. The minimum atomic E-state index is 0.205. The Kier molecular flexibility index (Phi) is 3.12. The Bertz CT molecular complexity index is 755. The maximum Gasteiger partial charge on any atom is 0.222 e. The molecule has 0 saturated heterocycles. The third kappa shape index (κ3) is 2.49. The molecule has 20 heavy (non-hydrogen) atoms. The monoisotopic (exact) mass is 266 g/mol. The predicted molar refractivity (Wildman–Crippen MR) is 77.8 cm³/mol. The quantitative estimate of drug-likeness (QED) is 0.694. The Morgan fingerprint density at radius 3 is 2.60 bits per heavy atom. The van der Waals surface area contributed by atoms with Gasteiger partial charge < -0.3 is 11.5 Å². The number of aromatic nitrogens is 4. The Balaban J connectivity index is 1.81. The molecule has 0 spiro atoms. The van der Waals surface area contributed by atoms with Crippen molar-refractivity contribution in [3.8, 4) is 0 Å². The predicted octanol–water partition coefficient (Wildman–Crippen LogP) is 1.37. The van der Waals surface area contributed by atoms with Gasteiger partial charge in [-0.15, -0.1) is 0 Å². The molecule has 0 aliphatic heterocycles. The molecular weight excluding hydrogens is 252 g/mol. The number of benzene rings is 1. The summed E-state index contributed by atoms with van der Waals surface area (Å²) in [6.45, 7) is 0. The van der Waals surface area contributed by atoms with E-state index >= 15 is 0 Å². The number of fused-ring (bicyclic) bond motifs is 1. The van der Waals surface area contributed by atoms with Crippen LogP contribution in [-0.4, -0.2) is 19.9 Å². The van der Waals surface area contributed by atoms with Crippen LogP contribution in [0.15, 0.2) is 36.7 Å². The van der Waals surface area contributed by atoms with Gasteiger partial charge in [0.05, 0.1) is 18.1 Å². The SMILES string of the molecule is Nc1ncc2nc(CCc3ccccc3N)cnc2n1. The van der Waals surface area contributed by atoms with E-state index in [-0.39, 0.29) is 5.95 Å². The maximum atomic E-state index is 5.92. The van der Waals surface area contributed by atoms with Crippen LogP contribution >= 0.6 is 0 Å². The molecule has 2 heterocycles. The van der Waals surface area contributed by atoms with Gasteiger partial charge in [-0.1, -0.05) is 18.2 Å². The lowest BCUT2D eigenvalue weighted by Crippen LogP contribution is -2.01. The van der Waals surface area contributed by atoms with Gasteiger partial charge in [-0.2, -0.15) is 4.98 Å². The van der Waals surface area contributed by atoms with Crippen LogP contribution in [0.4, 0.5) is 11.6 Å². The Hall–Kier alpha value is -2.76. The first-order valence-corrected chi connectivity index (χ1v) is 6.30. The molecular formula is C14H14N6. The molecule has 3 aromatic rings. The third-order valence-electron chi connectivity index (χ3n) is 3.07. The van der Waals surface area contributed by atoms with Gasteiger partial charge in [0.15, 0.2) is 5.65 Å². The van der Waals surface area contributed by atoms with E-state index in [1.165, 1.54) is 0 Å². The summed E-state index contributed by atoms with van der Waals surface area (Å²) in [6.07, 6.45) is 4.89. The van der Waals surface area contributed by atoms with Gasteiger partial charge in [0.2, 0.25) is 5.95 Å². The fourth-order valence-electron chi connectivity index (χ4n) is 2.02. The number of para-hydroxylation sites is 1. The van der Waals surface area contributed by atoms with Crippen molar-refractivity contribution in [1.82, 2.24) is 19.9 Å². The molecule has 0 aliphatic carbocycles. The van der Waals surface area contributed by atoms with E-state index < -0.39 is 0 Å². The highest BCUT2D eigenvalue weighted by molar-refractivity contribution is 5.69. The summed E-state index contributed by atoms with van der Waals surface area (Å²) in [5.41, 5.74) is 15.4. The van der Waals surface area contributed by atoms with Crippen molar-refractivity contribution >= 4 is 22.8 Å². The summed E-state index contributed by atoms with van der Waals surface area (Å²) in [7, 11) is 0. The van der Waals surface area contributed by atoms with E-state index in [9.17, 15) is 0 Å². The van der Waals surface area contributed by atoms with Crippen molar-refractivity contribution in [2.24, 2.45) is 0 Å².